The van der Waals surface area contributed by atoms with Crippen molar-refractivity contribution >= 4 is 23.0 Å². The average Bonchev–Trinajstić information content (AvgIpc) is 3.42. The van der Waals surface area contributed by atoms with Crippen LogP contribution in [0.2, 0.25) is 0 Å². The van der Waals surface area contributed by atoms with Gasteiger partial charge in [0.05, 0.1) is 24.6 Å². The minimum Gasteiger partial charge on any atom is -0.496 e. The van der Waals surface area contributed by atoms with E-state index in [1.807, 2.05) is 0 Å². The van der Waals surface area contributed by atoms with Crippen molar-refractivity contribution in [2.45, 2.75) is 25.9 Å². The fourth-order valence-corrected chi connectivity index (χ4v) is 4.71. The predicted octanol–water partition coefficient (Wildman–Crippen LogP) is 5.19. The van der Waals surface area contributed by atoms with E-state index < -0.39 is 18.2 Å². The Morgan fingerprint density at radius 3 is 2.62 bits per heavy atom. The van der Waals surface area contributed by atoms with Crippen molar-refractivity contribution in [1.82, 2.24) is 19.7 Å². The molecule has 0 bridgehead atoms. The first-order valence-electron chi connectivity index (χ1n) is 12.5. The first kappa shape index (κ1) is 27.2. The van der Waals surface area contributed by atoms with Gasteiger partial charge in [-0.2, -0.15) is 13.9 Å². The van der Waals surface area contributed by atoms with Gasteiger partial charge in [0.25, 0.3) is 0 Å². The highest BCUT2D eigenvalue weighted by Gasteiger charge is 2.26. The molecule has 4 aromatic rings. The van der Waals surface area contributed by atoms with Gasteiger partial charge in [-0.25, -0.2) is 23.4 Å². The summed E-state index contributed by atoms with van der Waals surface area (Å²) in [6, 6.07) is 6.60. The second-order valence-corrected chi connectivity index (χ2v) is 9.67. The highest BCUT2D eigenvalue weighted by molar-refractivity contribution is 5.82. The fraction of sp³-hybridized carbons (Fsp3) is 0.296. The molecule has 4 heterocycles. The van der Waals surface area contributed by atoms with Gasteiger partial charge in [-0.05, 0) is 24.5 Å². The fourth-order valence-electron chi connectivity index (χ4n) is 4.71. The van der Waals surface area contributed by atoms with E-state index in [0.29, 0.717) is 40.6 Å². The second kappa shape index (κ2) is 11.0. The minimum absolute atomic E-state index is 0.0568. The monoisotopic (exact) mass is 556 g/mol. The molecule has 1 aliphatic rings. The summed E-state index contributed by atoms with van der Waals surface area (Å²) in [6.45, 7) is 0.598. The van der Waals surface area contributed by atoms with Crippen LogP contribution in [0.3, 0.4) is 0 Å². The summed E-state index contributed by atoms with van der Waals surface area (Å²) in [6.07, 6.45) is 5.05. The van der Waals surface area contributed by atoms with Gasteiger partial charge in [-0.15, -0.1) is 0 Å². The van der Waals surface area contributed by atoms with E-state index in [-0.39, 0.29) is 34.6 Å². The topological polar surface area (TPSA) is 120 Å². The van der Waals surface area contributed by atoms with Gasteiger partial charge in [0.1, 0.15) is 34.7 Å². The van der Waals surface area contributed by atoms with Crippen LogP contribution in [0.15, 0.2) is 48.9 Å². The van der Waals surface area contributed by atoms with Crippen molar-refractivity contribution in [1.29, 1.82) is 0 Å². The number of hydrogen-bond donors (Lipinski definition) is 3. The number of ether oxygens (including phenoxy) is 1. The van der Waals surface area contributed by atoms with Crippen LogP contribution in [0.25, 0.3) is 22.4 Å². The van der Waals surface area contributed by atoms with Gasteiger partial charge in [-0.3, -0.25) is 0 Å². The Labute approximate surface area is 227 Å². The maximum Gasteiger partial charge on any atom is 0.333 e. The highest BCUT2D eigenvalue weighted by Crippen LogP contribution is 2.38. The molecule has 1 fully saturated rings. The SMILES string of the molecule is COc1cc(F)cc(F)c1-c1nc(Nc2cc(N3CC[C@@H](C)[C@H](N)C3)c(-c3cnn(C(F)F)c3)cn2)ccc1N. The average molecular weight is 557 g/mol. The van der Waals surface area contributed by atoms with E-state index in [2.05, 4.69) is 32.2 Å². The number of rotatable bonds is 7. The van der Waals surface area contributed by atoms with E-state index in [1.165, 1.54) is 25.6 Å². The van der Waals surface area contributed by atoms with Gasteiger partial charge in [0.2, 0.25) is 0 Å². The third-order valence-electron chi connectivity index (χ3n) is 7.01. The zero-order valence-electron chi connectivity index (χ0n) is 21.8. The van der Waals surface area contributed by atoms with E-state index >= 15 is 0 Å². The molecule has 0 unspecified atom stereocenters. The van der Waals surface area contributed by atoms with Crippen molar-refractivity contribution < 1.29 is 22.3 Å². The molecular weight excluding hydrogens is 528 g/mol. The lowest BCUT2D eigenvalue weighted by atomic mass is 9.93. The zero-order chi connectivity index (χ0) is 28.6. The van der Waals surface area contributed by atoms with Gasteiger partial charge in [-0.1, -0.05) is 6.92 Å². The molecule has 1 saturated heterocycles. The number of nitrogens with two attached hydrogens (primary N) is 2. The zero-order valence-corrected chi connectivity index (χ0v) is 21.8. The van der Waals surface area contributed by atoms with Crippen LogP contribution in [-0.2, 0) is 0 Å². The Balaban J connectivity index is 1.53. The molecule has 0 saturated carbocycles. The molecule has 0 amide bonds. The van der Waals surface area contributed by atoms with Crippen LogP contribution >= 0.6 is 0 Å². The first-order chi connectivity index (χ1) is 19.1. The number of methoxy groups -OCH3 is 1. The molecule has 1 aromatic carbocycles. The van der Waals surface area contributed by atoms with Crippen molar-refractivity contribution in [2.24, 2.45) is 11.7 Å². The maximum absolute atomic E-state index is 14.8. The molecule has 0 spiro atoms. The summed E-state index contributed by atoms with van der Waals surface area (Å²) < 4.78 is 60.7. The summed E-state index contributed by atoms with van der Waals surface area (Å²) in [4.78, 5) is 11.0. The van der Waals surface area contributed by atoms with E-state index in [1.54, 1.807) is 18.3 Å². The molecular formula is C27H28F4N8O. The second-order valence-electron chi connectivity index (χ2n) is 9.67. The Kier molecular flexibility index (Phi) is 7.48. The van der Waals surface area contributed by atoms with Crippen molar-refractivity contribution in [3.05, 3.63) is 60.6 Å². The molecule has 0 aliphatic carbocycles. The van der Waals surface area contributed by atoms with Crippen molar-refractivity contribution in [2.75, 3.05) is 36.1 Å². The number of halogens is 4. The molecule has 13 heteroatoms. The highest BCUT2D eigenvalue weighted by atomic mass is 19.3. The summed E-state index contributed by atoms with van der Waals surface area (Å²) in [5.74, 6) is -0.718. The smallest absolute Gasteiger partial charge is 0.333 e. The predicted molar refractivity (Wildman–Crippen MR) is 145 cm³/mol. The van der Waals surface area contributed by atoms with Crippen LogP contribution < -0.4 is 26.4 Å². The number of anilines is 4. The molecule has 5 rings (SSSR count). The third kappa shape index (κ3) is 5.37. The quantitative estimate of drug-likeness (QED) is 0.266. The van der Waals surface area contributed by atoms with Gasteiger partial charge < -0.3 is 26.4 Å². The number of piperidine rings is 1. The molecule has 210 valence electrons. The van der Waals surface area contributed by atoms with Gasteiger partial charge in [0, 0.05) is 66.5 Å². The standard InChI is InChI=1S/C27H28F4N8O/c1-14-5-6-38(13-20(14)33)21-9-24(34-11-17(21)15-10-35-39(12-15)27(30)31)36-23-4-3-19(32)26(37-23)25-18(29)7-16(28)8-22(25)40-2/h3-4,7-12,14,20,27H,5-6,13,32-33H2,1-2H3,(H,34,36,37)/t14-,20-/m1/s1. The number of aromatic nitrogens is 4. The molecule has 2 atom stereocenters. The van der Waals surface area contributed by atoms with E-state index in [4.69, 9.17) is 16.2 Å². The van der Waals surface area contributed by atoms with E-state index in [9.17, 15) is 17.6 Å². The minimum atomic E-state index is -2.77. The maximum atomic E-state index is 14.8. The van der Waals surface area contributed by atoms with Crippen LogP contribution in [0.4, 0.5) is 40.6 Å². The lowest BCUT2D eigenvalue weighted by Crippen LogP contribution is -2.47. The number of hydrogen-bond acceptors (Lipinski definition) is 8. The summed E-state index contributed by atoms with van der Waals surface area (Å²) >= 11 is 0. The lowest BCUT2D eigenvalue weighted by molar-refractivity contribution is 0.0566. The summed E-state index contributed by atoms with van der Waals surface area (Å²) in [7, 11) is 1.29. The summed E-state index contributed by atoms with van der Waals surface area (Å²) in [5, 5.41) is 6.86. The van der Waals surface area contributed by atoms with E-state index in [0.717, 1.165) is 24.2 Å². The summed E-state index contributed by atoms with van der Waals surface area (Å²) in [5.41, 5.74) is 14.4. The molecule has 3 aromatic heterocycles. The number of pyridine rings is 2. The lowest BCUT2D eigenvalue weighted by Gasteiger charge is -2.37. The molecule has 0 radical (unpaired) electrons. The Hall–Kier alpha value is -4.39. The molecule has 9 nitrogen and oxygen atoms in total. The largest absolute Gasteiger partial charge is 0.496 e. The third-order valence-corrected chi connectivity index (χ3v) is 7.01. The number of alkyl halides is 2. The normalized spacial score (nSPS) is 17.4. The molecule has 40 heavy (non-hydrogen) atoms. The van der Waals surface area contributed by atoms with Crippen molar-refractivity contribution in [3.8, 4) is 28.1 Å². The molecule has 1 aliphatic heterocycles. The number of nitrogen functional groups attached to an aromatic ring is 1. The van der Waals surface area contributed by atoms with Crippen LogP contribution in [0.1, 0.15) is 19.9 Å². The Bertz CT molecular complexity index is 1530. The Morgan fingerprint density at radius 1 is 1.12 bits per heavy atom. The van der Waals surface area contributed by atoms with Crippen LogP contribution in [0.5, 0.6) is 5.75 Å². The van der Waals surface area contributed by atoms with Gasteiger partial charge >= 0.3 is 6.55 Å². The number of nitrogens with one attached hydrogen (secondary N) is 1. The number of benzene rings is 1. The van der Waals surface area contributed by atoms with Crippen LogP contribution in [0, 0.1) is 17.6 Å². The Morgan fingerprint density at radius 2 is 1.93 bits per heavy atom. The van der Waals surface area contributed by atoms with Gasteiger partial charge in [0.15, 0.2) is 0 Å². The van der Waals surface area contributed by atoms with Crippen LogP contribution in [-0.4, -0.2) is 46.0 Å². The molecule has 5 N–H and O–H groups in total. The number of nitrogens with zero attached hydrogens (tertiary/aromatic N) is 5. The van der Waals surface area contributed by atoms with Crippen molar-refractivity contribution in [3.63, 3.8) is 0 Å². The first-order valence-corrected chi connectivity index (χ1v) is 12.5.